The van der Waals surface area contributed by atoms with Gasteiger partial charge in [-0.1, -0.05) is 6.58 Å². The van der Waals surface area contributed by atoms with E-state index in [0.717, 1.165) is 0 Å². The Morgan fingerprint density at radius 2 is 1.83 bits per heavy atom. The van der Waals surface area contributed by atoms with Gasteiger partial charge >= 0.3 is 12.0 Å². The first-order chi connectivity index (χ1) is 8.49. The molecule has 6 heteroatoms. The Hall–Kier alpha value is -2.50. The summed E-state index contributed by atoms with van der Waals surface area (Å²) in [5, 5.41) is 22.6. The minimum Gasteiger partial charge on any atom is -0.508 e. The highest BCUT2D eigenvalue weighted by Gasteiger charge is 2.05. The van der Waals surface area contributed by atoms with Gasteiger partial charge in [-0.15, -0.1) is 0 Å². The molecule has 0 aliphatic heterocycles. The number of aliphatic carboxylic acids is 1. The Morgan fingerprint density at radius 1 is 1.22 bits per heavy atom. The second-order valence-electron chi connectivity index (χ2n) is 3.59. The van der Waals surface area contributed by atoms with Crippen molar-refractivity contribution in [3.63, 3.8) is 0 Å². The maximum atomic E-state index is 11.4. The van der Waals surface area contributed by atoms with Gasteiger partial charge in [0.05, 0.1) is 0 Å². The van der Waals surface area contributed by atoms with Crippen LogP contribution in [0.15, 0.2) is 36.4 Å². The van der Waals surface area contributed by atoms with E-state index in [0.29, 0.717) is 5.69 Å². The SMILES string of the molecule is C=C(CCNC(=O)Nc1ccc(O)cc1)C(=O)O. The monoisotopic (exact) mass is 250 g/mol. The minimum atomic E-state index is -1.07. The summed E-state index contributed by atoms with van der Waals surface area (Å²) < 4.78 is 0. The zero-order chi connectivity index (χ0) is 13.5. The highest BCUT2D eigenvalue weighted by Crippen LogP contribution is 2.13. The van der Waals surface area contributed by atoms with Gasteiger partial charge in [0, 0.05) is 17.8 Å². The maximum Gasteiger partial charge on any atom is 0.331 e. The number of amides is 2. The number of phenolic OH excluding ortho intramolecular Hbond substituents is 1. The highest BCUT2D eigenvalue weighted by molar-refractivity contribution is 5.89. The van der Waals surface area contributed by atoms with Crippen LogP contribution in [0.4, 0.5) is 10.5 Å². The Kier molecular flexibility index (Phi) is 4.74. The average molecular weight is 250 g/mol. The van der Waals surface area contributed by atoms with Gasteiger partial charge in [0.15, 0.2) is 0 Å². The second-order valence-corrected chi connectivity index (χ2v) is 3.59. The number of anilines is 1. The summed E-state index contributed by atoms with van der Waals surface area (Å²) in [6.45, 7) is 3.54. The van der Waals surface area contributed by atoms with Gasteiger partial charge in [0.25, 0.3) is 0 Å². The molecule has 0 atom stereocenters. The third-order valence-corrected chi connectivity index (χ3v) is 2.14. The Labute approximate surface area is 104 Å². The highest BCUT2D eigenvalue weighted by atomic mass is 16.4. The van der Waals surface area contributed by atoms with Crippen LogP contribution in [-0.4, -0.2) is 28.8 Å². The number of carboxylic acid groups (broad SMARTS) is 1. The molecule has 0 saturated heterocycles. The molecule has 0 spiro atoms. The topological polar surface area (TPSA) is 98.7 Å². The third-order valence-electron chi connectivity index (χ3n) is 2.14. The van der Waals surface area contributed by atoms with Gasteiger partial charge < -0.3 is 20.8 Å². The van der Waals surface area contributed by atoms with Crippen molar-refractivity contribution in [2.75, 3.05) is 11.9 Å². The molecule has 18 heavy (non-hydrogen) atoms. The van der Waals surface area contributed by atoms with Gasteiger partial charge in [-0.2, -0.15) is 0 Å². The smallest absolute Gasteiger partial charge is 0.331 e. The average Bonchev–Trinajstić information content (AvgIpc) is 2.32. The third kappa shape index (κ3) is 4.56. The van der Waals surface area contributed by atoms with E-state index in [1.165, 1.54) is 12.1 Å². The summed E-state index contributed by atoms with van der Waals surface area (Å²) in [5.41, 5.74) is 0.572. The molecule has 0 heterocycles. The standard InChI is InChI=1S/C12H14N2O4/c1-8(11(16)17)6-7-13-12(18)14-9-2-4-10(15)5-3-9/h2-5,15H,1,6-7H2,(H,16,17)(H2,13,14,18). The lowest BCUT2D eigenvalue weighted by atomic mass is 10.2. The number of urea groups is 1. The van der Waals surface area contributed by atoms with Crippen molar-refractivity contribution < 1.29 is 19.8 Å². The van der Waals surface area contributed by atoms with Crippen LogP contribution in [0.3, 0.4) is 0 Å². The Morgan fingerprint density at radius 3 is 2.39 bits per heavy atom. The number of benzene rings is 1. The number of aromatic hydroxyl groups is 1. The lowest BCUT2D eigenvalue weighted by molar-refractivity contribution is -0.132. The van der Waals surface area contributed by atoms with Crippen LogP contribution < -0.4 is 10.6 Å². The van der Waals surface area contributed by atoms with E-state index in [-0.39, 0.29) is 24.3 Å². The normalized spacial score (nSPS) is 9.56. The van der Waals surface area contributed by atoms with Gasteiger partial charge in [-0.25, -0.2) is 9.59 Å². The van der Waals surface area contributed by atoms with E-state index >= 15 is 0 Å². The molecule has 0 bridgehead atoms. The zero-order valence-corrected chi connectivity index (χ0v) is 9.64. The number of hydrogen-bond acceptors (Lipinski definition) is 3. The number of phenols is 1. The van der Waals surface area contributed by atoms with Gasteiger partial charge in [0.2, 0.25) is 0 Å². The van der Waals surface area contributed by atoms with E-state index in [1.54, 1.807) is 12.1 Å². The van der Waals surface area contributed by atoms with Crippen molar-refractivity contribution in [1.82, 2.24) is 5.32 Å². The first kappa shape index (κ1) is 13.6. The fourth-order valence-electron chi connectivity index (χ4n) is 1.15. The van der Waals surface area contributed by atoms with Gasteiger partial charge in [-0.05, 0) is 30.7 Å². The predicted octanol–water partition coefficient (Wildman–Crippen LogP) is 1.54. The summed E-state index contributed by atoms with van der Waals surface area (Å²) >= 11 is 0. The molecule has 2 amide bonds. The zero-order valence-electron chi connectivity index (χ0n) is 9.64. The lowest BCUT2D eigenvalue weighted by Crippen LogP contribution is -2.30. The fraction of sp³-hybridized carbons (Fsp3) is 0.167. The summed E-state index contributed by atoms with van der Waals surface area (Å²) in [5.74, 6) is -0.963. The van der Waals surface area contributed by atoms with Crippen LogP contribution in [0.2, 0.25) is 0 Å². The molecule has 6 nitrogen and oxygen atoms in total. The van der Waals surface area contributed by atoms with Crippen molar-refractivity contribution in [1.29, 1.82) is 0 Å². The van der Waals surface area contributed by atoms with E-state index in [2.05, 4.69) is 17.2 Å². The van der Waals surface area contributed by atoms with E-state index < -0.39 is 12.0 Å². The molecule has 4 N–H and O–H groups in total. The molecule has 0 aliphatic rings. The minimum absolute atomic E-state index is 0.0416. The Balaban J connectivity index is 2.32. The molecule has 96 valence electrons. The molecule has 0 fully saturated rings. The summed E-state index contributed by atoms with van der Waals surface area (Å²) in [6, 6.07) is 5.54. The van der Waals surface area contributed by atoms with Crippen LogP contribution in [-0.2, 0) is 4.79 Å². The number of rotatable bonds is 5. The van der Waals surface area contributed by atoms with E-state index in [9.17, 15) is 9.59 Å². The number of hydrogen-bond donors (Lipinski definition) is 4. The molecule has 0 saturated carbocycles. The van der Waals surface area contributed by atoms with Crippen LogP contribution >= 0.6 is 0 Å². The summed E-state index contributed by atoms with van der Waals surface area (Å²) in [6.07, 6.45) is 0.179. The first-order valence-electron chi connectivity index (χ1n) is 5.24. The number of nitrogens with one attached hydrogen (secondary N) is 2. The van der Waals surface area contributed by atoms with Crippen molar-refractivity contribution in [2.24, 2.45) is 0 Å². The molecular formula is C12H14N2O4. The first-order valence-corrected chi connectivity index (χ1v) is 5.24. The van der Waals surface area contributed by atoms with Crippen molar-refractivity contribution in [3.05, 3.63) is 36.4 Å². The van der Waals surface area contributed by atoms with Crippen LogP contribution in [0, 0.1) is 0 Å². The summed E-state index contributed by atoms with van der Waals surface area (Å²) in [4.78, 5) is 21.8. The summed E-state index contributed by atoms with van der Waals surface area (Å²) in [7, 11) is 0. The predicted molar refractivity (Wildman–Crippen MR) is 66.5 cm³/mol. The maximum absolute atomic E-state index is 11.4. The largest absolute Gasteiger partial charge is 0.508 e. The molecular weight excluding hydrogens is 236 g/mol. The van der Waals surface area contributed by atoms with E-state index in [1.807, 2.05) is 0 Å². The molecule has 1 aromatic carbocycles. The number of carbonyl (C=O) groups is 2. The van der Waals surface area contributed by atoms with Gasteiger partial charge in [-0.3, -0.25) is 0 Å². The number of carboxylic acids is 1. The Bertz CT molecular complexity index is 454. The van der Waals surface area contributed by atoms with E-state index in [4.69, 9.17) is 10.2 Å². The number of carbonyl (C=O) groups excluding carboxylic acids is 1. The molecule has 1 rings (SSSR count). The molecule has 0 aromatic heterocycles. The van der Waals surface area contributed by atoms with Crippen molar-refractivity contribution >= 4 is 17.7 Å². The van der Waals surface area contributed by atoms with Crippen LogP contribution in [0.25, 0.3) is 0 Å². The quantitative estimate of drug-likeness (QED) is 0.470. The molecule has 1 aromatic rings. The molecule has 0 unspecified atom stereocenters. The van der Waals surface area contributed by atoms with Crippen molar-refractivity contribution in [2.45, 2.75) is 6.42 Å². The molecule has 0 aliphatic carbocycles. The molecule has 0 radical (unpaired) electrons. The fourth-order valence-corrected chi connectivity index (χ4v) is 1.15. The second kappa shape index (κ2) is 6.29. The van der Waals surface area contributed by atoms with Crippen LogP contribution in [0.1, 0.15) is 6.42 Å². The van der Waals surface area contributed by atoms with Crippen molar-refractivity contribution in [3.8, 4) is 5.75 Å². The van der Waals surface area contributed by atoms with Crippen LogP contribution in [0.5, 0.6) is 5.75 Å². The van der Waals surface area contributed by atoms with Gasteiger partial charge in [0.1, 0.15) is 5.75 Å². The lowest BCUT2D eigenvalue weighted by Gasteiger charge is -2.07.